The number of rotatable bonds is 2. The second kappa shape index (κ2) is 22.2. The highest BCUT2D eigenvalue weighted by Gasteiger charge is 2.25. The summed E-state index contributed by atoms with van der Waals surface area (Å²) in [5.74, 6) is -37.2. The second-order valence-electron chi connectivity index (χ2n) is 9.92. The van der Waals surface area contributed by atoms with Gasteiger partial charge in [-0.25, -0.2) is 87.8 Å². The minimum Gasteiger partial charge on any atom is -0.330 e. The van der Waals surface area contributed by atoms with Crippen LogP contribution in [0, 0.1) is 116 Å². The molecule has 0 saturated heterocycles. The van der Waals surface area contributed by atoms with Gasteiger partial charge in [-0.2, -0.15) is 0 Å². The van der Waals surface area contributed by atoms with Crippen LogP contribution >= 0.6 is 0 Å². The van der Waals surface area contributed by atoms with Gasteiger partial charge in [-0.1, -0.05) is 13.3 Å². The topological polar surface area (TPSA) is 26.0 Å². The average molecular weight is 857 g/mol. The second-order valence-corrected chi connectivity index (χ2v) is 13.9. The van der Waals surface area contributed by atoms with Gasteiger partial charge >= 0.3 is 0 Å². The fraction of sp³-hybridized carbons (Fsp3) is 0.143. The highest BCUT2D eigenvalue weighted by molar-refractivity contribution is 6.33. The minimum atomic E-state index is -2.11. The van der Waals surface area contributed by atoms with Gasteiger partial charge in [0.05, 0.1) is 0 Å². The van der Waals surface area contributed by atoms with E-state index in [1.807, 2.05) is 0 Å². The molecule has 53 heavy (non-hydrogen) atoms. The molecule has 0 aliphatic heterocycles. The number of benzene rings is 4. The summed E-state index contributed by atoms with van der Waals surface area (Å²) in [7, 11) is 0. The van der Waals surface area contributed by atoms with Crippen LogP contribution in [0.15, 0.2) is 0 Å². The summed E-state index contributed by atoms with van der Waals surface area (Å²) >= 11 is -0.893. The highest BCUT2D eigenvalue weighted by atomic mass is 27.1. The normalized spacial score (nSPS) is 10.2. The fourth-order valence-electron chi connectivity index (χ4n) is 3.06. The van der Waals surface area contributed by atoms with E-state index in [2.05, 4.69) is 6.92 Å². The van der Waals surface area contributed by atoms with Crippen molar-refractivity contribution in [3.63, 3.8) is 0 Å². The Balaban J connectivity index is 0.000000652. The highest BCUT2D eigenvalue weighted by Crippen LogP contribution is 2.17. The first-order valence-electron chi connectivity index (χ1n) is 13.9. The van der Waals surface area contributed by atoms with Crippen LogP contribution in [-0.4, -0.2) is 71.7 Å². The van der Waals surface area contributed by atoms with Gasteiger partial charge in [0.15, 0.2) is 116 Å². The van der Waals surface area contributed by atoms with E-state index in [-0.39, 0.29) is 65.2 Å². The third-order valence-corrected chi connectivity index (χ3v) is 9.79. The zero-order valence-corrected chi connectivity index (χ0v) is 35.3. The molecular formula is C28H19Al4F20N. The van der Waals surface area contributed by atoms with Gasteiger partial charge in [-0.3, -0.25) is 0 Å². The summed E-state index contributed by atoms with van der Waals surface area (Å²) in [5.41, 5.74) is 5.14. The molecule has 4 aromatic rings. The SMILES string of the molecule is CCCCN.Fc1c(F)c(F)[c]([AlH2])c(F)c1F.Fc1c(F)c(F)[c]([AlH2])c(F)c1F.Fc1c(F)c(F)[c]([AlH2])c(F)c1F.Fc1c(F)c(F)[c]([AlH2])c(F)c1F. The first-order valence-corrected chi connectivity index (χ1v) is 17.9. The number of unbranched alkanes of at least 4 members (excludes halogenated alkanes) is 1. The van der Waals surface area contributed by atoms with Gasteiger partial charge in [-0.15, -0.1) is 0 Å². The summed E-state index contributed by atoms with van der Waals surface area (Å²) in [6.45, 7) is 2.98. The molecule has 4 rings (SSSR count). The van der Waals surface area contributed by atoms with Crippen molar-refractivity contribution < 1.29 is 87.8 Å². The van der Waals surface area contributed by atoms with Crippen LogP contribution < -0.4 is 23.4 Å². The third kappa shape index (κ3) is 12.3. The molecule has 0 heterocycles. The summed E-state index contributed by atoms with van der Waals surface area (Å²) in [6, 6.07) is 0. The molecule has 0 unspecified atom stereocenters. The number of hydrogen-bond acceptors (Lipinski definition) is 1. The summed E-state index contributed by atoms with van der Waals surface area (Å²) in [4.78, 5) is 0. The molecule has 0 bridgehead atoms. The number of nitrogens with two attached hydrogens (primary N) is 1. The van der Waals surface area contributed by atoms with Crippen molar-refractivity contribution in [3.8, 4) is 0 Å². The molecule has 25 heteroatoms. The molecule has 288 valence electrons. The maximum Gasteiger partial charge on any atom is 0.268 e. The Morgan fingerprint density at radius 1 is 0.283 bits per heavy atom. The molecule has 4 aromatic carbocycles. The fourth-order valence-corrected chi connectivity index (χ4v) is 4.82. The van der Waals surface area contributed by atoms with E-state index >= 15 is 0 Å². The molecule has 0 aliphatic rings. The quantitative estimate of drug-likeness (QED) is 0.143. The zero-order valence-electron chi connectivity index (χ0n) is 27.3. The van der Waals surface area contributed by atoms with Crippen molar-refractivity contribution in [3.05, 3.63) is 116 Å². The molecule has 0 aliphatic carbocycles. The Morgan fingerprint density at radius 2 is 0.396 bits per heavy atom. The molecule has 2 N–H and O–H groups in total. The van der Waals surface area contributed by atoms with E-state index in [0.717, 1.165) is 6.54 Å². The van der Waals surface area contributed by atoms with Crippen molar-refractivity contribution in [2.45, 2.75) is 19.8 Å². The van der Waals surface area contributed by atoms with Crippen molar-refractivity contribution >= 4 is 82.9 Å². The summed E-state index contributed by atoms with van der Waals surface area (Å²) in [6.07, 6.45) is 2.39. The molecule has 0 amide bonds. The van der Waals surface area contributed by atoms with Gasteiger partial charge < -0.3 is 5.73 Å². The third-order valence-electron chi connectivity index (χ3n) is 6.27. The Kier molecular flexibility index (Phi) is 21.2. The van der Waals surface area contributed by atoms with Crippen LogP contribution in [0.2, 0.25) is 0 Å². The van der Waals surface area contributed by atoms with E-state index in [1.54, 1.807) is 0 Å². The van der Waals surface area contributed by atoms with Crippen LogP contribution in [0.3, 0.4) is 0 Å². The molecule has 0 radical (unpaired) electrons. The van der Waals surface area contributed by atoms with Crippen molar-refractivity contribution in [1.29, 1.82) is 0 Å². The van der Waals surface area contributed by atoms with Crippen molar-refractivity contribution in [2.75, 3.05) is 6.54 Å². The van der Waals surface area contributed by atoms with Crippen LogP contribution in [0.4, 0.5) is 87.8 Å². The summed E-state index contributed by atoms with van der Waals surface area (Å²) < 4.78 is 244. The predicted molar refractivity (Wildman–Crippen MR) is 162 cm³/mol. The van der Waals surface area contributed by atoms with E-state index < -0.39 is 134 Å². The van der Waals surface area contributed by atoms with Crippen LogP contribution in [0.1, 0.15) is 19.8 Å². The standard InChI is InChI=1S/4C6F5.C4H11N.4Al.8H/c4*7-2-1-3(8)5(10)6(11)4(2)9;1-2-3-4-5;;;;;;;;;;;;/h;;;;2-5H2,1H3;;;;;;;;;;;;. The van der Waals surface area contributed by atoms with E-state index in [4.69, 9.17) is 5.73 Å². The average Bonchev–Trinajstić information content (AvgIpc) is 3.15. The molecular weight excluding hydrogens is 838 g/mol. The first kappa shape index (κ1) is 50.6. The predicted octanol–water partition coefficient (Wildman–Crippen LogP) is 3.31. The van der Waals surface area contributed by atoms with Crippen LogP contribution in [-0.2, 0) is 0 Å². The minimum absolute atomic E-state index is 0.223. The van der Waals surface area contributed by atoms with E-state index in [1.165, 1.54) is 12.8 Å². The molecule has 0 spiro atoms. The molecule has 0 aromatic heterocycles. The Hall–Kier alpha value is -2.43. The van der Waals surface area contributed by atoms with Gasteiger partial charge in [0.1, 0.15) is 0 Å². The monoisotopic (exact) mass is 857 g/mol. The van der Waals surface area contributed by atoms with Crippen LogP contribution in [0.5, 0.6) is 0 Å². The van der Waals surface area contributed by atoms with Gasteiger partial charge in [-0.05, 0) is 30.7 Å². The molecule has 0 atom stereocenters. The van der Waals surface area contributed by atoms with E-state index in [0.29, 0.717) is 0 Å². The Bertz CT molecular complexity index is 1250. The molecule has 0 saturated carbocycles. The lowest BCUT2D eigenvalue weighted by atomic mass is 10.3. The Labute approximate surface area is 317 Å². The van der Waals surface area contributed by atoms with Crippen molar-refractivity contribution in [1.82, 2.24) is 0 Å². The van der Waals surface area contributed by atoms with Gasteiger partial charge in [0, 0.05) is 0 Å². The lowest BCUT2D eigenvalue weighted by Crippen LogP contribution is -2.20. The lowest BCUT2D eigenvalue weighted by molar-refractivity contribution is 0.384. The van der Waals surface area contributed by atoms with Crippen LogP contribution in [0.25, 0.3) is 0 Å². The van der Waals surface area contributed by atoms with Gasteiger partial charge in [0.25, 0.3) is 65.2 Å². The molecule has 0 fully saturated rings. The lowest BCUT2D eigenvalue weighted by Gasteiger charge is -2.02. The largest absolute Gasteiger partial charge is 0.330 e. The number of hydrogen-bond donors (Lipinski definition) is 1. The van der Waals surface area contributed by atoms with E-state index in [9.17, 15) is 87.8 Å². The Morgan fingerprint density at radius 3 is 0.472 bits per heavy atom. The van der Waals surface area contributed by atoms with Gasteiger partial charge in [0.2, 0.25) is 0 Å². The first-order chi connectivity index (χ1) is 24.3. The number of halogens is 20. The molecule has 1 nitrogen and oxygen atoms in total. The van der Waals surface area contributed by atoms with Crippen molar-refractivity contribution in [2.24, 2.45) is 5.73 Å². The summed E-state index contributed by atoms with van der Waals surface area (Å²) in [5, 5.41) is 0. The smallest absolute Gasteiger partial charge is 0.268 e. The maximum atomic E-state index is 12.4. The maximum absolute atomic E-state index is 12.4. The zero-order chi connectivity index (χ0) is 42.0.